The molecule has 4 nitrogen and oxygen atoms in total. The van der Waals surface area contributed by atoms with Gasteiger partial charge in [0.25, 0.3) is 0 Å². The number of carbonyl (C=O) groups is 1. The Morgan fingerprint density at radius 2 is 2.50 bits per heavy atom. The lowest BCUT2D eigenvalue weighted by atomic mass is 10.0. The molecule has 1 rings (SSSR count). The predicted molar refractivity (Wildman–Crippen MR) is 51.4 cm³/mol. The molecule has 1 aliphatic rings. The molecule has 0 aromatic rings. The van der Waals surface area contributed by atoms with Crippen molar-refractivity contribution in [3.05, 3.63) is 0 Å². The van der Waals surface area contributed by atoms with E-state index in [1.165, 1.54) is 0 Å². The summed E-state index contributed by atoms with van der Waals surface area (Å²) >= 11 is 0. The highest BCUT2D eigenvalue weighted by atomic mass is 16.5. The number of nitriles is 1. The largest absolute Gasteiger partial charge is 0.378 e. The van der Waals surface area contributed by atoms with E-state index in [9.17, 15) is 4.79 Å². The van der Waals surface area contributed by atoms with Gasteiger partial charge in [-0.25, -0.2) is 0 Å². The lowest BCUT2D eigenvalue weighted by Gasteiger charge is -2.12. The lowest BCUT2D eigenvalue weighted by molar-refractivity contribution is -0.125. The Hall–Kier alpha value is -1.08. The summed E-state index contributed by atoms with van der Waals surface area (Å²) < 4.78 is 5.29. The first kappa shape index (κ1) is 11.0. The summed E-state index contributed by atoms with van der Waals surface area (Å²) in [5.74, 6) is -0.129. The number of hydrogen-bond acceptors (Lipinski definition) is 3. The van der Waals surface area contributed by atoms with E-state index >= 15 is 0 Å². The van der Waals surface area contributed by atoms with Gasteiger partial charge in [-0.3, -0.25) is 4.79 Å². The van der Waals surface area contributed by atoms with Crippen LogP contribution in [0.3, 0.4) is 0 Å². The van der Waals surface area contributed by atoms with Gasteiger partial charge in [0.05, 0.1) is 24.7 Å². The summed E-state index contributed by atoms with van der Waals surface area (Å²) in [6.45, 7) is 4.31. The van der Waals surface area contributed by atoms with Crippen molar-refractivity contribution in [1.82, 2.24) is 5.32 Å². The van der Waals surface area contributed by atoms with Gasteiger partial charge < -0.3 is 10.1 Å². The molecule has 4 heteroatoms. The highest BCUT2D eigenvalue weighted by Crippen LogP contribution is 2.19. The maximum atomic E-state index is 11.6. The van der Waals surface area contributed by atoms with Crippen LogP contribution in [0.1, 0.15) is 26.7 Å². The second kappa shape index (κ2) is 4.97. The maximum Gasteiger partial charge on any atom is 0.226 e. The fourth-order valence-corrected chi connectivity index (χ4v) is 1.52. The van der Waals surface area contributed by atoms with Crippen LogP contribution in [0.5, 0.6) is 0 Å². The van der Waals surface area contributed by atoms with Gasteiger partial charge in [0, 0.05) is 0 Å². The number of nitrogens with zero attached hydrogens (tertiary/aromatic N) is 1. The zero-order chi connectivity index (χ0) is 10.6. The molecule has 0 aromatic heterocycles. The third-order valence-corrected chi connectivity index (χ3v) is 2.45. The molecule has 1 heterocycles. The molecule has 0 aromatic carbocycles. The van der Waals surface area contributed by atoms with Crippen LogP contribution < -0.4 is 5.32 Å². The normalized spacial score (nSPS) is 28.1. The Labute approximate surface area is 84.2 Å². The van der Waals surface area contributed by atoms with Gasteiger partial charge in [-0.1, -0.05) is 6.92 Å². The molecular weight excluding hydrogens is 180 g/mol. The molecule has 14 heavy (non-hydrogen) atoms. The average Bonchev–Trinajstić information content (AvgIpc) is 2.61. The van der Waals surface area contributed by atoms with Crippen molar-refractivity contribution >= 4 is 5.91 Å². The minimum atomic E-state index is -0.363. The van der Waals surface area contributed by atoms with Crippen molar-refractivity contribution in [1.29, 1.82) is 5.26 Å². The Kier molecular flexibility index (Phi) is 3.90. The summed E-state index contributed by atoms with van der Waals surface area (Å²) in [5.41, 5.74) is 0. The molecule has 78 valence electrons. The van der Waals surface area contributed by atoms with Crippen LogP contribution >= 0.6 is 0 Å². The van der Waals surface area contributed by atoms with Crippen LogP contribution in [0.25, 0.3) is 0 Å². The van der Waals surface area contributed by atoms with E-state index < -0.39 is 0 Å². The topological polar surface area (TPSA) is 62.1 Å². The fourth-order valence-electron chi connectivity index (χ4n) is 1.52. The molecule has 1 saturated heterocycles. The van der Waals surface area contributed by atoms with Crippen molar-refractivity contribution < 1.29 is 9.53 Å². The standard InChI is InChI=1S/C10H16N2O2/c1-3-9(5-11)12-10(13)8-4-7(2)14-6-8/h7-9H,3-4,6H2,1-2H3,(H,12,13). The molecule has 1 aliphatic heterocycles. The Morgan fingerprint density at radius 3 is 2.93 bits per heavy atom. The van der Waals surface area contributed by atoms with E-state index in [4.69, 9.17) is 10.00 Å². The zero-order valence-electron chi connectivity index (χ0n) is 8.62. The van der Waals surface area contributed by atoms with E-state index in [1.807, 2.05) is 19.9 Å². The van der Waals surface area contributed by atoms with Crippen molar-refractivity contribution in [3.8, 4) is 6.07 Å². The third-order valence-electron chi connectivity index (χ3n) is 2.45. The molecule has 0 aliphatic carbocycles. The quantitative estimate of drug-likeness (QED) is 0.727. The molecule has 0 bridgehead atoms. The third kappa shape index (κ3) is 2.71. The van der Waals surface area contributed by atoms with Gasteiger partial charge in [0.15, 0.2) is 0 Å². The van der Waals surface area contributed by atoms with E-state index in [2.05, 4.69) is 5.32 Å². The monoisotopic (exact) mass is 196 g/mol. The molecule has 1 N–H and O–H groups in total. The first-order valence-corrected chi connectivity index (χ1v) is 4.99. The summed E-state index contributed by atoms with van der Waals surface area (Å²) in [4.78, 5) is 11.6. The second-order valence-electron chi connectivity index (χ2n) is 3.68. The summed E-state index contributed by atoms with van der Waals surface area (Å²) in [6, 6.07) is 1.68. The van der Waals surface area contributed by atoms with Crippen molar-refractivity contribution in [2.45, 2.75) is 38.8 Å². The van der Waals surface area contributed by atoms with E-state index in [0.717, 1.165) is 6.42 Å². The second-order valence-corrected chi connectivity index (χ2v) is 3.68. The van der Waals surface area contributed by atoms with Gasteiger partial charge in [-0.05, 0) is 19.8 Å². The van der Waals surface area contributed by atoms with Crippen molar-refractivity contribution in [2.75, 3.05) is 6.61 Å². The summed E-state index contributed by atoms with van der Waals surface area (Å²) in [7, 11) is 0. The van der Waals surface area contributed by atoms with Gasteiger partial charge in [0.2, 0.25) is 5.91 Å². The SMILES string of the molecule is CCC(C#N)NC(=O)C1COC(C)C1. The zero-order valence-corrected chi connectivity index (χ0v) is 8.62. The fraction of sp³-hybridized carbons (Fsp3) is 0.800. The van der Waals surface area contributed by atoms with Gasteiger partial charge >= 0.3 is 0 Å². The Balaban J connectivity index is 2.39. The van der Waals surface area contributed by atoms with Gasteiger partial charge in [-0.15, -0.1) is 0 Å². The molecule has 0 spiro atoms. The number of hydrogen-bond donors (Lipinski definition) is 1. The molecule has 3 unspecified atom stereocenters. The van der Waals surface area contributed by atoms with Crippen LogP contribution in [-0.2, 0) is 9.53 Å². The number of rotatable bonds is 3. The van der Waals surface area contributed by atoms with Gasteiger partial charge in [0.1, 0.15) is 6.04 Å². The van der Waals surface area contributed by atoms with Crippen LogP contribution in [0.2, 0.25) is 0 Å². The first-order valence-electron chi connectivity index (χ1n) is 4.99. The van der Waals surface area contributed by atoms with E-state index in [1.54, 1.807) is 0 Å². The highest BCUT2D eigenvalue weighted by molar-refractivity contribution is 5.79. The Morgan fingerprint density at radius 1 is 1.79 bits per heavy atom. The Bertz CT molecular complexity index is 247. The summed E-state index contributed by atoms with van der Waals surface area (Å²) in [5, 5.41) is 11.4. The van der Waals surface area contributed by atoms with E-state index in [-0.39, 0.29) is 24.0 Å². The van der Waals surface area contributed by atoms with Crippen molar-refractivity contribution in [3.63, 3.8) is 0 Å². The highest BCUT2D eigenvalue weighted by Gasteiger charge is 2.29. The van der Waals surface area contributed by atoms with Crippen LogP contribution in [-0.4, -0.2) is 24.7 Å². The molecule has 0 saturated carbocycles. The molecule has 1 fully saturated rings. The van der Waals surface area contributed by atoms with Crippen LogP contribution in [0.15, 0.2) is 0 Å². The number of carbonyl (C=O) groups excluding carboxylic acids is 1. The molecule has 1 amide bonds. The first-order chi connectivity index (χ1) is 6.67. The molecule has 3 atom stereocenters. The number of ether oxygens (including phenoxy) is 1. The minimum absolute atomic E-state index is 0.0530. The summed E-state index contributed by atoms with van der Waals surface area (Å²) in [6.07, 6.45) is 1.56. The number of nitrogens with one attached hydrogen (secondary N) is 1. The average molecular weight is 196 g/mol. The van der Waals surface area contributed by atoms with Crippen LogP contribution in [0.4, 0.5) is 0 Å². The van der Waals surface area contributed by atoms with Gasteiger partial charge in [-0.2, -0.15) is 5.26 Å². The maximum absolute atomic E-state index is 11.6. The number of amides is 1. The molecule has 0 radical (unpaired) electrons. The van der Waals surface area contributed by atoms with Crippen LogP contribution in [0, 0.1) is 17.2 Å². The predicted octanol–water partition coefficient (Wildman–Crippen LogP) is 0.830. The smallest absolute Gasteiger partial charge is 0.226 e. The van der Waals surface area contributed by atoms with Crippen molar-refractivity contribution in [2.24, 2.45) is 5.92 Å². The van der Waals surface area contributed by atoms with E-state index in [0.29, 0.717) is 13.0 Å². The molecular formula is C10H16N2O2. The lowest BCUT2D eigenvalue weighted by Crippen LogP contribution is -2.38. The minimum Gasteiger partial charge on any atom is -0.378 e.